The molecule has 2 aliphatic heterocycles. The number of fused-ring (bicyclic) bond motifs is 3. The van der Waals surface area contributed by atoms with Gasteiger partial charge in [0.05, 0.1) is 5.56 Å². The summed E-state index contributed by atoms with van der Waals surface area (Å²) in [6.07, 6.45) is -3.53. The van der Waals surface area contributed by atoms with Crippen LogP contribution < -0.4 is 10.2 Å². The number of alkyl halides is 4. The molecule has 0 spiro atoms. The molecule has 3 rings (SSSR count). The van der Waals surface area contributed by atoms with Crippen LogP contribution in [0, 0.1) is 0 Å². The van der Waals surface area contributed by atoms with E-state index < -0.39 is 17.4 Å². The summed E-state index contributed by atoms with van der Waals surface area (Å²) in [4.78, 5) is 5.81. The van der Waals surface area contributed by atoms with Gasteiger partial charge in [0.25, 0.3) is 0 Å². The predicted molar refractivity (Wildman–Crippen MR) is 66.3 cm³/mol. The second-order valence-corrected chi connectivity index (χ2v) is 5.55. The molecule has 1 saturated heterocycles. The van der Waals surface area contributed by atoms with Crippen molar-refractivity contribution in [3.8, 4) is 0 Å². The van der Waals surface area contributed by atoms with Crippen molar-refractivity contribution in [1.82, 2.24) is 10.3 Å². The molecule has 0 amide bonds. The summed E-state index contributed by atoms with van der Waals surface area (Å²) in [6, 6.07) is 0.844. The quantitative estimate of drug-likeness (QED) is 0.744. The number of rotatable bonds is 0. The van der Waals surface area contributed by atoms with Crippen LogP contribution in [0.5, 0.6) is 0 Å². The second kappa shape index (κ2) is 4.31. The number of pyridine rings is 1. The smallest absolute Gasteiger partial charge is 0.351 e. The summed E-state index contributed by atoms with van der Waals surface area (Å²) >= 11 is 0. The summed E-state index contributed by atoms with van der Waals surface area (Å²) < 4.78 is 53.0. The van der Waals surface area contributed by atoms with Gasteiger partial charge in [-0.25, -0.2) is 9.37 Å². The van der Waals surface area contributed by atoms with Crippen molar-refractivity contribution in [3.05, 3.63) is 23.4 Å². The van der Waals surface area contributed by atoms with Crippen molar-refractivity contribution in [1.29, 1.82) is 0 Å². The summed E-state index contributed by atoms with van der Waals surface area (Å²) in [6.45, 7) is 3.31. The van der Waals surface area contributed by atoms with E-state index in [2.05, 4.69) is 10.3 Å². The average Bonchev–Trinajstić information content (AvgIpc) is 2.37. The van der Waals surface area contributed by atoms with Crippen LogP contribution in [0.4, 0.5) is 23.4 Å². The number of hydrogen-bond donors (Lipinski definition) is 1. The molecule has 1 aromatic heterocycles. The number of aromatic nitrogens is 1. The SMILES string of the molecule is C[C@@]1(F)C[C@H]2CNCCN2c2ncc(C(F)(F)F)cc21. The van der Waals surface area contributed by atoms with Gasteiger partial charge in [-0.1, -0.05) is 0 Å². The minimum absolute atomic E-state index is 0.0467. The third-order valence-electron chi connectivity index (χ3n) is 4.00. The molecule has 3 heterocycles. The van der Waals surface area contributed by atoms with Crippen LogP contribution in [0.1, 0.15) is 24.5 Å². The Morgan fingerprint density at radius 2 is 2.20 bits per heavy atom. The second-order valence-electron chi connectivity index (χ2n) is 5.55. The molecule has 110 valence electrons. The van der Waals surface area contributed by atoms with Gasteiger partial charge in [-0.3, -0.25) is 0 Å². The van der Waals surface area contributed by atoms with Gasteiger partial charge in [-0.15, -0.1) is 0 Å². The summed E-state index contributed by atoms with van der Waals surface area (Å²) in [5, 5.41) is 3.17. The fourth-order valence-corrected chi connectivity index (χ4v) is 3.00. The summed E-state index contributed by atoms with van der Waals surface area (Å²) in [5.74, 6) is 0.348. The van der Waals surface area contributed by atoms with Crippen LogP contribution in [0.2, 0.25) is 0 Å². The molecule has 0 aromatic carbocycles. The van der Waals surface area contributed by atoms with Crippen molar-refractivity contribution >= 4 is 5.82 Å². The first kappa shape index (κ1) is 13.6. The van der Waals surface area contributed by atoms with Crippen molar-refractivity contribution in [2.75, 3.05) is 24.5 Å². The van der Waals surface area contributed by atoms with E-state index in [9.17, 15) is 17.6 Å². The number of hydrogen-bond acceptors (Lipinski definition) is 3. The monoisotopic (exact) mass is 289 g/mol. The highest BCUT2D eigenvalue weighted by atomic mass is 19.4. The van der Waals surface area contributed by atoms with Gasteiger partial charge in [-0.2, -0.15) is 13.2 Å². The van der Waals surface area contributed by atoms with E-state index in [1.165, 1.54) is 6.92 Å². The number of nitrogens with zero attached hydrogens (tertiary/aromatic N) is 2. The zero-order chi connectivity index (χ0) is 14.5. The molecule has 0 radical (unpaired) electrons. The largest absolute Gasteiger partial charge is 0.417 e. The lowest BCUT2D eigenvalue weighted by Crippen LogP contribution is -2.56. The van der Waals surface area contributed by atoms with E-state index in [0.717, 1.165) is 18.8 Å². The first-order valence-electron chi connectivity index (χ1n) is 6.53. The summed E-state index contributed by atoms with van der Waals surface area (Å²) in [5.41, 5.74) is -2.64. The first-order chi connectivity index (χ1) is 9.29. The van der Waals surface area contributed by atoms with Gasteiger partial charge in [0.15, 0.2) is 0 Å². The summed E-state index contributed by atoms with van der Waals surface area (Å²) in [7, 11) is 0. The molecule has 2 atom stereocenters. The van der Waals surface area contributed by atoms with Gasteiger partial charge < -0.3 is 10.2 Å². The fourth-order valence-electron chi connectivity index (χ4n) is 3.00. The van der Waals surface area contributed by atoms with Crippen LogP contribution in [0.3, 0.4) is 0 Å². The molecule has 7 heteroatoms. The van der Waals surface area contributed by atoms with E-state index in [4.69, 9.17) is 0 Å². The van der Waals surface area contributed by atoms with E-state index in [0.29, 0.717) is 18.9 Å². The van der Waals surface area contributed by atoms with Gasteiger partial charge >= 0.3 is 6.18 Å². The van der Waals surface area contributed by atoms with Crippen molar-refractivity contribution in [2.24, 2.45) is 0 Å². The number of piperazine rings is 1. The molecular weight excluding hydrogens is 274 g/mol. The predicted octanol–water partition coefficient (Wildman–Crippen LogP) is 2.47. The average molecular weight is 289 g/mol. The molecule has 20 heavy (non-hydrogen) atoms. The first-order valence-corrected chi connectivity index (χ1v) is 6.53. The standard InChI is InChI=1S/C13H15F4N3/c1-12(14)5-9-7-18-2-3-20(9)11-10(12)4-8(6-19-11)13(15,16)17/h4,6,9,18H,2-3,5,7H2,1H3/t9-,12+/m0/s1. The molecule has 0 aliphatic carbocycles. The minimum atomic E-state index is -4.50. The molecule has 1 N–H and O–H groups in total. The Morgan fingerprint density at radius 1 is 1.45 bits per heavy atom. The van der Waals surface area contributed by atoms with E-state index in [1.54, 1.807) is 0 Å². The fraction of sp³-hybridized carbons (Fsp3) is 0.615. The van der Waals surface area contributed by atoms with Crippen LogP contribution in [-0.4, -0.2) is 30.7 Å². The molecular formula is C13H15F4N3. The molecule has 1 fully saturated rings. The number of nitrogens with one attached hydrogen (secondary N) is 1. The normalized spacial score (nSPS) is 29.9. The van der Waals surface area contributed by atoms with Crippen molar-refractivity contribution < 1.29 is 17.6 Å². The lowest BCUT2D eigenvalue weighted by molar-refractivity contribution is -0.138. The third kappa shape index (κ3) is 2.13. The maximum Gasteiger partial charge on any atom is 0.417 e. The third-order valence-corrected chi connectivity index (χ3v) is 4.00. The van der Waals surface area contributed by atoms with Crippen molar-refractivity contribution in [2.45, 2.75) is 31.2 Å². The molecule has 1 aromatic rings. The van der Waals surface area contributed by atoms with Crippen LogP contribution in [0.25, 0.3) is 0 Å². The number of anilines is 1. The highest BCUT2D eigenvalue weighted by Gasteiger charge is 2.44. The molecule has 3 nitrogen and oxygen atoms in total. The highest BCUT2D eigenvalue weighted by Crippen LogP contribution is 2.44. The van der Waals surface area contributed by atoms with Crippen LogP contribution in [-0.2, 0) is 11.8 Å². The maximum absolute atomic E-state index is 14.7. The van der Waals surface area contributed by atoms with Gasteiger partial charge in [-0.05, 0) is 13.0 Å². The molecule has 0 bridgehead atoms. The zero-order valence-electron chi connectivity index (χ0n) is 11.0. The highest BCUT2D eigenvalue weighted by molar-refractivity contribution is 5.55. The maximum atomic E-state index is 14.7. The Kier molecular flexibility index (Phi) is 2.93. The van der Waals surface area contributed by atoms with Crippen molar-refractivity contribution in [3.63, 3.8) is 0 Å². The molecule has 2 aliphatic rings. The van der Waals surface area contributed by atoms with Gasteiger partial charge in [0.1, 0.15) is 11.5 Å². The molecule has 0 saturated carbocycles. The Bertz CT molecular complexity index is 527. The topological polar surface area (TPSA) is 28.2 Å². The molecule has 0 unspecified atom stereocenters. The van der Waals surface area contributed by atoms with E-state index in [1.807, 2.05) is 4.90 Å². The van der Waals surface area contributed by atoms with Crippen LogP contribution in [0.15, 0.2) is 12.3 Å². The Balaban J connectivity index is 2.09. The van der Waals surface area contributed by atoms with Gasteiger partial charge in [0.2, 0.25) is 0 Å². The Hall–Kier alpha value is -1.37. The van der Waals surface area contributed by atoms with E-state index in [-0.39, 0.29) is 18.0 Å². The van der Waals surface area contributed by atoms with Crippen LogP contribution >= 0.6 is 0 Å². The minimum Gasteiger partial charge on any atom is -0.351 e. The Morgan fingerprint density at radius 3 is 2.90 bits per heavy atom. The Labute approximate surface area is 114 Å². The lowest BCUT2D eigenvalue weighted by Gasteiger charge is -2.45. The van der Waals surface area contributed by atoms with E-state index >= 15 is 0 Å². The number of halogens is 4. The lowest BCUT2D eigenvalue weighted by atomic mass is 9.84. The zero-order valence-corrected chi connectivity index (χ0v) is 11.0. The van der Waals surface area contributed by atoms with Gasteiger partial charge in [0, 0.05) is 43.9 Å².